The molecule has 1 aliphatic heterocycles. The van der Waals surface area contributed by atoms with Gasteiger partial charge in [-0.25, -0.2) is 0 Å². The minimum atomic E-state index is -0.0906. The molecule has 0 bridgehead atoms. The second kappa shape index (κ2) is 10.7. The number of benzene rings is 2. The molecule has 2 aliphatic carbocycles. The van der Waals surface area contributed by atoms with Gasteiger partial charge in [0.15, 0.2) is 6.29 Å². The highest BCUT2D eigenvalue weighted by Crippen LogP contribution is 2.46. The summed E-state index contributed by atoms with van der Waals surface area (Å²) in [6.07, 6.45) is 11.4. The molecule has 1 saturated carbocycles. The first-order chi connectivity index (χ1) is 16.7. The fourth-order valence-corrected chi connectivity index (χ4v) is 7.06. The summed E-state index contributed by atoms with van der Waals surface area (Å²) in [5.74, 6) is 2.90. The summed E-state index contributed by atoms with van der Waals surface area (Å²) >= 11 is 0. The molecule has 2 aromatic carbocycles. The van der Waals surface area contributed by atoms with Crippen molar-refractivity contribution in [3.8, 4) is 5.75 Å². The number of phenols is 1. The molecular formula is C30H41NO3. The van der Waals surface area contributed by atoms with Crippen molar-refractivity contribution in [2.24, 2.45) is 17.8 Å². The summed E-state index contributed by atoms with van der Waals surface area (Å²) < 4.78 is 11.0. The van der Waals surface area contributed by atoms with Crippen molar-refractivity contribution in [1.82, 2.24) is 0 Å². The van der Waals surface area contributed by atoms with E-state index >= 15 is 0 Å². The molecule has 4 heteroatoms. The van der Waals surface area contributed by atoms with Crippen molar-refractivity contribution in [3.05, 3.63) is 59.2 Å². The van der Waals surface area contributed by atoms with E-state index in [1.165, 1.54) is 60.9 Å². The van der Waals surface area contributed by atoms with Gasteiger partial charge in [0, 0.05) is 44.8 Å². The zero-order valence-corrected chi connectivity index (χ0v) is 20.9. The van der Waals surface area contributed by atoms with Gasteiger partial charge in [-0.2, -0.15) is 0 Å². The monoisotopic (exact) mass is 463 g/mol. The lowest BCUT2D eigenvalue weighted by atomic mass is 9.69. The van der Waals surface area contributed by atoms with Crippen molar-refractivity contribution < 1.29 is 14.6 Å². The minimum Gasteiger partial charge on any atom is -0.508 e. The first-order valence-electron chi connectivity index (χ1n) is 13.4. The lowest BCUT2D eigenvalue weighted by molar-refractivity contribution is -0.141. The Morgan fingerprint density at radius 1 is 0.912 bits per heavy atom. The van der Waals surface area contributed by atoms with Crippen LogP contribution in [0.3, 0.4) is 0 Å². The number of phenolic OH excluding ortho intramolecular Hbond substituents is 1. The van der Waals surface area contributed by atoms with Gasteiger partial charge in [0.1, 0.15) is 5.75 Å². The van der Waals surface area contributed by atoms with Crippen LogP contribution >= 0.6 is 0 Å². The first kappa shape index (κ1) is 23.7. The molecule has 184 valence electrons. The number of anilines is 1. The zero-order chi connectivity index (χ0) is 23.5. The number of piperidine rings is 1. The summed E-state index contributed by atoms with van der Waals surface area (Å²) in [5.41, 5.74) is 5.53. The van der Waals surface area contributed by atoms with Crippen LogP contribution in [0.25, 0.3) is 0 Å². The molecule has 0 unspecified atom stereocenters. The van der Waals surface area contributed by atoms with Crippen LogP contribution in [0.4, 0.5) is 5.69 Å². The molecule has 5 rings (SSSR count). The Kier molecular flexibility index (Phi) is 7.46. The van der Waals surface area contributed by atoms with E-state index in [2.05, 4.69) is 35.2 Å². The maximum Gasteiger partial charge on any atom is 0.159 e. The molecule has 0 aromatic heterocycles. The molecule has 1 N–H and O–H groups in total. The lowest BCUT2D eigenvalue weighted by Gasteiger charge is -2.37. The fourth-order valence-electron chi connectivity index (χ4n) is 7.06. The molecule has 2 atom stereocenters. The molecular weight excluding hydrogens is 422 g/mol. The van der Waals surface area contributed by atoms with Crippen molar-refractivity contribution in [3.63, 3.8) is 0 Å². The van der Waals surface area contributed by atoms with Crippen LogP contribution in [0.15, 0.2) is 42.5 Å². The SMILES string of the molecule is COC(OC)C1CCN(c2ccc([C@@H]3c4ccc(O)cc4CC[C@@H]3CC3CCCC3)cc2)CC1. The summed E-state index contributed by atoms with van der Waals surface area (Å²) in [5, 5.41) is 10.1. The van der Waals surface area contributed by atoms with E-state index in [0.29, 0.717) is 23.5 Å². The van der Waals surface area contributed by atoms with Crippen LogP contribution in [0, 0.1) is 17.8 Å². The summed E-state index contributed by atoms with van der Waals surface area (Å²) in [4.78, 5) is 2.51. The van der Waals surface area contributed by atoms with Crippen LogP contribution in [0.1, 0.15) is 74.0 Å². The van der Waals surface area contributed by atoms with Gasteiger partial charge in [0.2, 0.25) is 0 Å². The van der Waals surface area contributed by atoms with Crippen LogP contribution < -0.4 is 4.90 Å². The van der Waals surface area contributed by atoms with Crippen LogP contribution in [-0.2, 0) is 15.9 Å². The molecule has 4 nitrogen and oxygen atoms in total. The maximum atomic E-state index is 10.1. The van der Waals surface area contributed by atoms with Crippen LogP contribution in [0.5, 0.6) is 5.75 Å². The smallest absolute Gasteiger partial charge is 0.159 e. The van der Waals surface area contributed by atoms with Crippen molar-refractivity contribution in [2.75, 3.05) is 32.2 Å². The third-order valence-corrected chi connectivity index (χ3v) is 8.83. The molecule has 1 heterocycles. The molecule has 34 heavy (non-hydrogen) atoms. The Morgan fingerprint density at radius 3 is 2.29 bits per heavy atom. The second-order valence-electron chi connectivity index (χ2n) is 10.8. The Bertz CT molecular complexity index is 925. The number of rotatable bonds is 7. The minimum absolute atomic E-state index is 0.0906. The summed E-state index contributed by atoms with van der Waals surface area (Å²) in [7, 11) is 3.48. The van der Waals surface area contributed by atoms with E-state index in [4.69, 9.17) is 9.47 Å². The van der Waals surface area contributed by atoms with Gasteiger partial charge in [-0.15, -0.1) is 0 Å². The largest absolute Gasteiger partial charge is 0.508 e. The maximum absolute atomic E-state index is 10.1. The van der Waals surface area contributed by atoms with E-state index in [-0.39, 0.29) is 6.29 Å². The van der Waals surface area contributed by atoms with E-state index in [1.807, 2.05) is 12.1 Å². The molecule has 0 spiro atoms. The molecule has 0 amide bonds. The average Bonchev–Trinajstić information content (AvgIpc) is 3.38. The number of aryl methyl sites for hydroxylation is 1. The number of hydrogen-bond acceptors (Lipinski definition) is 4. The predicted molar refractivity (Wildman–Crippen MR) is 138 cm³/mol. The fraction of sp³-hybridized carbons (Fsp3) is 0.600. The van der Waals surface area contributed by atoms with Gasteiger partial charge in [-0.3, -0.25) is 0 Å². The number of nitrogens with zero attached hydrogens (tertiary/aromatic N) is 1. The third-order valence-electron chi connectivity index (χ3n) is 8.83. The van der Waals surface area contributed by atoms with Gasteiger partial charge >= 0.3 is 0 Å². The van der Waals surface area contributed by atoms with E-state index in [0.717, 1.165) is 38.3 Å². The van der Waals surface area contributed by atoms with Gasteiger partial charge in [0.05, 0.1) is 0 Å². The predicted octanol–water partition coefficient (Wildman–Crippen LogP) is 6.50. The van der Waals surface area contributed by atoms with Gasteiger partial charge in [-0.1, -0.05) is 43.9 Å². The summed E-state index contributed by atoms with van der Waals surface area (Å²) in [6.45, 7) is 2.09. The van der Waals surface area contributed by atoms with E-state index in [1.54, 1.807) is 14.2 Å². The van der Waals surface area contributed by atoms with E-state index in [9.17, 15) is 5.11 Å². The molecule has 2 aromatic rings. The number of methoxy groups -OCH3 is 2. The van der Waals surface area contributed by atoms with Gasteiger partial charge in [-0.05, 0) is 84.9 Å². The average molecular weight is 464 g/mol. The zero-order valence-electron chi connectivity index (χ0n) is 20.9. The Balaban J connectivity index is 1.34. The third kappa shape index (κ3) is 4.99. The number of ether oxygens (including phenoxy) is 2. The molecule has 1 saturated heterocycles. The van der Waals surface area contributed by atoms with Crippen LogP contribution in [-0.4, -0.2) is 38.7 Å². The van der Waals surface area contributed by atoms with Crippen molar-refractivity contribution in [1.29, 1.82) is 0 Å². The quantitative estimate of drug-likeness (QED) is 0.476. The lowest BCUT2D eigenvalue weighted by Crippen LogP contribution is -2.39. The summed E-state index contributed by atoms with van der Waals surface area (Å²) in [6, 6.07) is 15.5. The van der Waals surface area contributed by atoms with Crippen molar-refractivity contribution in [2.45, 2.75) is 70.0 Å². The van der Waals surface area contributed by atoms with E-state index < -0.39 is 0 Å². The van der Waals surface area contributed by atoms with Crippen molar-refractivity contribution >= 4 is 5.69 Å². The second-order valence-corrected chi connectivity index (χ2v) is 10.8. The Labute approximate surface area is 205 Å². The van der Waals surface area contributed by atoms with Gasteiger partial charge in [0.25, 0.3) is 0 Å². The Morgan fingerprint density at radius 2 is 1.62 bits per heavy atom. The number of fused-ring (bicyclic) bond motifs is 1. The highest BCUT2D eigenvalue weighted by Gasteiger charge is 2.33. The standard InChI is InChI=1S/C30H41NO3/c1-33-30(34-2)23-15-17-31(18-16-23)26-11-9-22(10-12-26)29-25(19-21-5-3-4-6-21)8-7-24-20-27(32)13-14-28(24)29/h9-14,20-21,23,25,29-30,32H,3-8,15-19H2,1-2H3/t25-,29+/m1/s1. The molecule has 3 aliphatic rings. The first-order valence-corrected chi connectivity index (χ1v) is 13.4. The molecule has 2 fully saturated rings. The number of aromatic hydroxyl groups is 1. The van der Waals surface area contributed by atoms with Gasteiger partial charge < -0.3 is 19.5 Å². The normalized spacial score (nSPS) is 24.0. The topological polar surface area (TPSA) is 41.9 Å². The van der Waals surface area contributed by atoms with Crippen LogP contribution in [0.2, 0.25) is 0 Å². The Hall–Kier alpha value is -2.04. The molecule has 0 radical (unpaired) electrons. The number of hydrogen-bond donors (Lipinski definition) is 1. The highest BCUT2D eigenvalue weighted by atomic mass is 16.7. The highest BCUT2D eigenvalue weighted by molar-refractivity contribution is 5.51.